The minimum absolute atomic E-state index is 0.102. The van der Waals surface area contributed by atoms with Crippen molar-refractivity contribution < 1.29 is 14.4 Å². The molecule has 0 aliphatic carbocycles. The van der Waals surface area contributed by atoms with E-state index >= 15 is 0 Å². The maximum atomic E-state index is 12.8. The number of amides is 3. The third kappa shape index (κ3) is 2.63. The first-order chi connectivity index (χ1) is 12.6. The molecule has 0 bridgehead atoms. The van der Waals surface area contributed by atoms with Gasteiger partial charge in [0.1, 0.15) is 0 Å². The minimum Gasteiger partial charge on any atom is -0.368 e. The highest BCUT2D eigenvalue weighted by Crippen LogP contribution is 2.24. The number of fused-ring (bicyclic) bond motifs is 1. The van der Waals surface area contributed by atoms with Crippen molar-refractivity contribution in [1.82, 2.24) is 9.80 Å². The molecule has 0 aromatic heterocycles. The molecule has 0 saturated carbocycles. The van der Waals surface area contributed by atoms with Crippen LogP contribution in [-0.4, -0.2) is 60.7 Å². The van der Waals surface area contributed by atoms with E-state index in [9.17, 15) is 14.4 Å². The van der Waals surface area contributed by atoms with Crippen molar-refractivity contribution in [2.45, 2.75) is 0 Å². The Balaban J connectivity index is 1.48. The van der Waals surface area contributed by atoms with E-state index in [0.717, 1.165) is 23.7 Å². The molecule has 2 aromatic rings. The van der Waals surface area contributed by atoms with Crippen LogP contribution < -0.4 is 4.90 Å². The monoisotopic (exact) mass is 349 g/mol. The average Bonchev–Trinajstić information content (AvgIpc) is 2.92. The Kier molecular flexibility index (Phi) is 3.95. The van der Waals surface area contributed by atoms with Gasteiger partial charge in [0.25, 0.3) is 17.7 Å². The molecule has 2 aromatic carbocycles. The molecule has 6 heteroatoms. The predicted molar refractivity (Wildman–Crippen MR) is 97.4 cm³/mol. The second-order valence-electron chi connectivity index (χ2n) is 6.54. The Morgan fingerprint density at radius 2 is 1.50 bits per heavy atom. The molecule has 0 radical (unpaired) electrons. The molecule has 4 rings (SSSR count). The molecule has 0 atom stereocenters. The van der Waals surface area contributed by atoms with Crippen LogP contribution in [0.3, 0.4) is 0 Å². The van der Waals surface area contributed by atoms with Crippen LogP contribution in [0.5, 0.6) is 0 Å². The van der Waals surface area contributed by atoms with Crippen LogP contribution in [0.15, 0.2) is 48.5 Å². The largest absolute Gasteiger partial charge is 0.368 e. The molecular formula is C20H19N3O3. The molecule has 6 nitrogen and oxygen atoms in total. The van der Waals surface area contributed by atoms with E-state index in [1.807, 2.05) is 18.2 Å². The van der Waals surface area contributed by atoms with Crippen molar-refractivity contribution in [3.8, 4) is 0 Å². The number of carbonyl (C=O) groups excluding carboxylic acids is 3. The van der Waals surface area contributed by atoms with Crippen molar-refractivity contribution in [3.63, 3.8) is 0 Å². The Hall–Kier alpha value is -3.15. The number of para-hydroxylation sites is 1. The van der Waals surface area contributed by atoms with Gasteiger partial charge < -0.3 is 9.80 Å². The molecule has 0 spiro atoms. The standard InChI is InChI=1S/C20H19N3O3/c1-21-19(25)16-8-7-14(13-17(16)20(21)26)18(24)23-11-9-22(10-12-23)15-5-3-2-4-6-15/h2-8,13H,9-12H2,1H3. The van der Waals surface area contributed by atoms with Crippen LogP contribution >= 0.6 is 0 Å². The number of benzene rings is 2. The third-order valence-electron chi connectivity index (χ3n) is 5.02. The number of piperazine rings is 1. The average molecular weight is 349 g/mol. The van der Waals surface area contributed by atoms with Gasteiger partial charge in [0.15, 0.2) is 0 Å². The quantitative estimate of drug-likeness (QED) is 0.777. The fraction of sp³-hybridized carbons (Fsp3) is 0.250. The van der Waals surface area contributed by atoms with Gasteiger partial charge in [-0.3, -0.25) is 19.3 Å². The van der Waals surface area contributed by atoms with E-state index in [4.69, 9.17) is 0 Å². The fourth-order valence-corrected chi connectivity index (χ4v) is 3.48. The Morgan fingerprint density at radius 3 is 2.19 bits per heavy atom. The van der Waals surface area contributed by atoms with E-state index in [1.54, 1.807) is 23.1 Å². The van der Waals surface area contributed by atoms with Crippen molar-refractivity contribution in [1.29, 1.82) is 0 Å². The van der Waals surface area contributed by atoms with Gasteiger partial charge in [-0.15, -0.1) is 0 Å². The third-order valence-corrected chi connectivity index (χ3v) is 5.02. The molecule has 2 aliphatic rings. The summed E-state index contributed by atoms with van der Waals surface area (Å²) in [5.41, 5.74) is 2.28. The highest BCUT2D eigenvalue weighted by atomic mass is 16.2. The number of imide groups is 1. The summed E-state index contributed by atoms with van der Waals surface area (Å²) in [6.07, 6.45) is 0. The summed E-state index contributed by atoms with van der Waals surface area (Å²) in [5, 5.41) is 0. The molecular weight excluding hydrogens is 330 g/mol. The maximum Gasteiger partial charge on any atom is 0.261 e. The summed E-state index contributed by atoms with van der Waals surface area (Å²) in [6, 6.07) is 14.9. The summed E-state index contributed by atoms with van der Waals surface area (Å²) in [6.45, 7) is 2.77. The van der Waals surface area contributed by atoms with E-state index in [2.05, 4.69) is 17.0 Å². The maximum absolute atomic E-state index is 12.8. The van der Waals surface area contributed by atoms with Crippen LogP contribution in [0, 0.1) is 0 Å². The van der Waals surface area contributed by atoms with Crippen LogP contribution in [0.1, 0.15) is 31.1 Å². The highest BCUT2D eigenvalue weighted by Gasteiger charge is 2.33. The fourth-order valence-electron chi connectivity index (χ4n) is 3.48. The molecule has 2 aliphatic heterocycles. The lowest BCUT2D eigenvalue weighted by molar-refractivity contribution is 0.0692. The minimum atomic E-state index is -0.353. The summed E-state index contributed by atoms with van der Waals surface area (Å²) >= 11 is 0. The Morgan fingerprint density at radius 1 is 0.846 bits per heavy atom. The lowest BCUT2D eigenvalue weighted by Gasteiger charge is -2.36. The van der Waals surface area contributed by atoms with Gasteiger partial charge in [-0.05, 0) is 30.3 Å². The molecule has 2 heterocycles. The van der Waals surface area contributed by atoms with E-state index in [0.29, 0.717) is 29.8 Å². The molecule has 1 saturated heterocycles. The number of rotatable bonds is 2. The first-order valence-electron chi connectivity index (χ1n) is 8.62. The van der Waals surface area contributed by atoms with Gasteiger partial charge in [-0.1, -0.05) is 18.2 Å². The molecule has 132 valence electrons. The van der Waals surface area contributed by atoms with Crippen LogP contribution in [0.2, 0.25) is 0 Å². The summed E-state index contributed by atoms with van der Waals surface area (Å²) in [5.74, 6) is -0.774. The van der Waals surface area contributed by atoms with Crippen molar-refractivity contribution >= 4 is 23.4 Å². The van der Waals surface area contributed by atoms with E-state index in [1.165, 1.54) is 7.05 Å². The second-order valence-corrected chi connectivity index (χ2v) is 6.54. The summed E-state index contributed by atoms with van der Waals surface area (Å²) < 4.78 is 0. The molecule has 0 N–H and O–H groups in total. The van der Waals surface area contributed by atoms with Gasteiger partial charge in [0, 0.05) is 44.5 Å². The van der Waals surface area contributed by atoms with Crippen LogP contribution in [0.4, 0.5) is 5.69 Å². The smallest absolute Gasteiger partial charge is 0.261 e. The van der Waals surface area contributed by atoms with Gasteiger partial charge in [-0.25, -0.2) is 0 Å². The predicted octanol–water partition coefficient (Wildman–Crippen LogP) is 1.87. The van der Waals surface area contributed by atoms with Crippen LogP contribution in [-0.2, 0) is 0 Å². The number of carbonyl (C=O) groups is 3. The Labute approximate surface area is 151 Å². The normalized spacial score (nSPS) is 16.9. The van der Waals surface area contributed by atoms with Crippen molar-refractivity contribution in [3.05, 3.63) is 65.2 Å². The summed E-state index contributed by atoms with van der Waals surface area (Å²) in [7, 11) is 1.45. The topological polar surface area (TPSA) is 60.9 Å². The molecule has 1 fully saturated rings. The zero-order valence-corrected chi connectivity index (χ0v) is 14.5. The molecule has 3 amide bonds. The van der Waals surface area contributed by atoms with Crippen molar-refractivity contribution in [2.24, 2.45) is 0 Å². The SMILES string of the molecule is CN1C(=O)c2ccc(C(=O)N3CCN(c4ccccc4)CC3)cc2C1=O. The highest BCUT2D eigenvalue weighted by molar-refractivity contribution is 6.21. The molecule has 26 heavy (non-hydrogen) atoms. The number of hydrogen-bond acceptors (Lipinski definition) is 4. The van der Waals surface area contributed by atoms with Crippen LogP contribution in [0.25, 0.3) is 0 Å². The summed E-state index contributed by atoms with van der Waals surface area (Å²) in [4.78, 5) is 42.0. The zero-order chi connectivity index (χ0) is 18.3. The van der Waals surface area contributed by atoms with Gasteiger partial charge in [-0.2, -0.15) is 0 Å². The van der Waals surface area contributed by atoms with Gasteiger partial charge in [0.05, 0.1) is 11.1 Å². The molecule has 0 unspecified atom stereocenters. The zero-order valence-electron chi connectivity index (χ0n) is 14.5. The second kappa shape index (κ2) is 6.29. The Bertz CT molecular complexity index is 886. The lowest BCUT2D eigenvalue weighted by Crippen LogP contribution is -2.48. The van der Waals surface area contributed by atoms with E-state index in [-0.39, 0.29) is 17.7 Å². The number of anilines is 1. The number of nitrogens with zero attached hydrogens (tertiary/aromatic N) is 3. The lowest BCUT2D eigenvalue weighted by atomic mass is 10.0. The van der Waals surface area contributed by atoms with Gasteiger partial charge in [0.2, 0.25) is 0 Å². The number of hydrogen-bond donors (Lipinski definition) is 0. The first-order valence-corrected chi connectivity index (χ1v) is 8.62. The van der Waals surface area contributed by atoms with E-state index < -0.39 is 0 Å². The first kappa shape index (κ1) is 16.3. The van der Waals surface area contributed by atoms with Crippen molar-refractivity contribution in [2.75, 3.05) is 38.1 Å². The van der Waals surface area contributed by atoms with Gasteiger partial charge >= 0.3 is 0 Å².